The molecule has 0 saturated heterocycles. The molecule has 0 aliphatic heterocycles. The van der Waals surface area contributed by atoms with Crippen LogP contribution in [0.25, 0.3) is 0 Å². The van der Waals surface area contributed by atoms with Gasteiger partial charge in [0.25, 0.3) is 0 Å². The van der Waals surface area contributed by atoms with E-state index in [9.17, 15) is 10.2 Å². The summed E-state index contributed by atoms with van der Waals surface area (Å²) in [6, 6.07) is 0. The third kappa shape index (κ3) is 15.1. The summed E-state index contributed by atoms with van der Waals surface area (Å²) in [5, 5.41) is 19.0. The Morgan fingerprint density at radius 2 is 1.13 bits per heavy atom. The topological polar surface area (TPSA) is 52.9 Å². The van der Waals surface area contributed by atoms with E-state index in [1.165, 1.54) is 57.8 Å². The van der Waals surface area contributed by atoms with E-state index in [2.05, 4.69) is 6.92 Å². The predicted octanol–water partition coefficient (Wildman–Crippen LogP) is 4.29. The lowest BCUT2D eigenvalue weighted by molar-refractivity contribution is -0.0866. The fraction of sp³-hybridized carbons (Fsp3) is 1.00. The van der Waals surface area contributed by atoms with Gasteiger partial charge in [-0.1, -0.05) is 64.7 Å². The molecule has 0 saturated carbocycles. The molecule has 23 heavy (non-hydrogen) atoms. The normalized spacial score (nSPS) is 14.3. The van der Waals surface area contributed by atoms with Gasteiger partial charge in [0.05, 0.1) is 0 Å². The van der Waals surface area contributed by atoms with Crippen molar-refractivity contribution in [1.29, 1.82) is 0 Å². The molecule has 0 radical (unpaired) electrons. The second-order valence-corrected chi connectivity index (χ2v) is 6.65. The van der Waals surface area contributed by atoms with Gasteiger partial charge in [0.15, 0.2) is 0 Å². The third-order valence-electron chi connectivity index (χ3n) is 4.31. The number of ether oxygens (including phenoxy) is 1. The van der Waals surface area contributed by atoms with Crippen LogP contribution in [-0.2, 0) is 4.74 Å². The highest BCUT2D eigenvalue weighted by Gasteiger charge is 2.14. The molecule has 0 aliphatic carbocycles. The number of hydrogen-bond acceptors (Lipinski definition) is 4. The van der Waals surface area contributed by atoms with Crippen molar-refractivity contribution in [2.75, 3.05) is 19.8 Å². The Morgan fingerprint density at radius 3 is 1.61 bits per heavy atom. The van der Waals surface area contributed by atoms with Crippen molar-refractivity contribution in [3.8, 4) is 0 Å². The van der Waals surface area contributed by atoms with Crippen molar-refractivity contribution in [2.24, 2.45) is 0 Å². The molecule has 0 aromatic rings. The van der Waals surface area contributed by atoms with E-state index < -0.39 is 12.5 Å². The van der Waals surface area contributed by atoms with E-state index in [0.717, 1.165) is 19.4 Å². The van der Waals surface area contributed by atoms with Crippen molar-refractivity contribution in [1.82, 2.24) is 4.90 Å². The van der Waals surface area contributed by atoms with E-state index in [4.69, 9.17) is 4.74 Å². The van der Waals surface area contributed by atoms with Gasteiger partial charge in [-0.15, -0.1) is 0 Å². The zero-order valence-electron chi connectivity index (χ0n) is 15.8. The molecule has 2 atom stereocenters. The molecule has 0 bridgehead atoms. The lowest BCUT2D eigenvalue weighted by Crippen LogP contribution is -2.41. The Labute approximate surface area is 144 Å². The molecule has 0 fully saturated rings. The molecule has 140 valence electrons. The number of aliphatic hydroxyl groups is 2. The standard InChI is InChI=1S/C19H41NO3/c1-4-5-6-7-8-9-10-11-12-13-16-23-17-14-15-20(18(2)21)19(3)22/h18-19,21-22H,4-17H2,1-3H3. The van der Waals surface area contributed by atoms with Gasteiger partial charge in [-0.2, -0.15) is 0 Å². The van der Waals surface area contributed by atoms with Crippen LogP contribution >= 0.6 is 0 Å². The monoisotopic (exact) mass is 331 g/mol. The number of rotatable bonds is 17. The van der Waals surface area contributed by atoms with Gasteiger partial charge >= 0.3 is 0 Å². The minimum Gasteiger partial charge on any atom is -0.381 e. The van der Waals surface area contributed by atoms with Crippen molar-refractivity contribution >= 4 is 0 Å². The van der Waals surface area contributed by atoms with Gasteiger partial charge in [0, 0.05) is 19.8 Å². The van der Waals surface area contributed by atoms with E-state index in [0.29, 0.717) is 13.2 Å². The van der Waals surface area contributed by atoms with Crippen LogP contribution in [0, 0.1) is 0 Å². The molecular weight excluding hydrogens is 290 g/mol. The summed E-state index contributed by atoms with van der Waals surface area (Å²) in [5.41, 5.74) is 0. The van der Waals surface area contributed by atoms with Gasteiger partial charge in [-0.25, -0.2) is 0 Å². The fourth-order valence-electron chi connectivity index (χ4n) is 2.83. The summed E-state index contributed by atoms with van der Waals surface area (Å²) in [6.07, 6.45) is 13.0. The highest BCUT2D eigenvalue weighted by atomic mass is 16.5. The van der Waals surface area contributed by atoms with Gasteiger partial charge in [-0.3, -0.25) is 4.90 Å². The maximum atomic E-state index is 9.51. The molecule has 0 heterocycles. The molecule has 2 unspecified atom stereocenters. The van der Waals surface area contributed by atoms with Crippen LogP contribution in [0.2, 0.25) is 0 Å². The van der Waals surface area contributed by atoms with Crippen LogP contribution in [0.4, 0.5) is 0 Å². The first-order chi connectivity index (χ1) is 11.1. The van der Waals surface area contributed by atoms with Crippen LogP contribution in [0.1, 0.15) is 91.4 Å². The predicted molar refractivity (Wildman–Crippen MR) is 97.3 cm³/mol. The molecule has 0 amide bonds. The average molecular weight is 332 g/mol. The molecule has 0 spiro atoms. The van der Waals surface area contributed by atoms with Crippen LogP contribution in [0.15, 0.2) is 0 Å². The molecule has 0 aromatic heterocycles. The summed E-state index contributed by atoms with van der Waals surface area (Å²) >= 11 is 0. The molecular formula is C19H41NO3. The maximum Gasteiger partial charge on any atom is 0.106 e. The number of aliphatic hydroxyl groups excluding tert-OH is 2. The first-order valence-corrected chi connectivity index (χ1v) is 9.79. The number of nitrogens with zero attached hydrogens (tertiary/aromatic N) is 1. The van der Waals surface area contributed by atoms with Crippen LogP contribution in [0.3, 0.4) is 0 Å². The second-order valence-electron chi connectivity index (χ2n) is 6.65. The number of hydrogen-bond donors (Lipinski definition) is 2. The molecule has 4 heteroatoms. The molecule has 2 N–H and O–H groups in total. The Morgan fingerprint density at radius 1 is 0.696 bits per heavy atom. The lowest BCUT2D eigenvalue weighted by Gasteiger charge is -2.27. The Balaban J connectivity index is 3.21. The highest BCUT2D eigenvalue weighted by Crippen LogP contribution is 2.10. The maximum absolute atomic E-state index is 9.51. The smallest absolute Gasteiger partial charge is 0.106 e. The summed E-state index contributed by atoms with van der Waals surface area (Å²) in [6.45, 7) is 7.81. The Hall–Kier alpha value is -0.160. The summed E-state index contributed by atoms with van der Waals surface area (Å²) in [7, 11) is 0. The quantitative estimate of drug-likeness (QED) is 0.308. The largest absolute Gasteiger partial charge is 0.381 e. The Bertz CT molecular complexity index is 227. The van der Waals surface area contributed by atoms with Crippen LogP contribution in [-0.4, -0.2) is 47.3 Å². The zero-order chi connectivity index (χ0) is 17.3. The second kappa shape index (κ2) is 16.7. The number of unbranched alkanes of at least 4 members (excludes halogenated alkanes) is 9. The molecule has 0 aliphatic rings. The summed E-state index contributed by atoms with van der Waals surface area (Å²) in [4.78, 5) is 1.66. The van der Waals surface area contributed by atoms with Gasteiger partial charge in [-0.05, 0) is 26.7 Å². The van der Waals surface area contributed by atoms with Crippen LogP contribution in [0.5, 0.6) is 0 Å². The minimum absolute atomic E-state index is 0.614. The van der Waals surface area contributed by atoms with E-state index in [-0.39, 0.29) is 0 Å². The van der Waals surface area contributed by atoms with E-state index in [1.54, 1.807) is 18.7 Å². The molecule has 0 rings (SSSR count). The molecule has 0 aromatic carbocycles. The van der Waals surface area contributed by atoms with E-state index in [1.807, 2.05) is 0 Å². The van der Waals surface area contributed by atoms with Gasteiger partial charge < -0.3 is 14.9 Å². The van der Waals surface area contributed by atoms with Gasteiger partial charge in [0.2, 0.25) is 0 Å². The van der Waals surface area contributed by atoms with Gasteiger partial charge in [0.1, 0.15) is 12.5 Å². The van der Waals surface area contributed by atoms with Crippen LogP contribution < -0.4 is 0 Å². The highest BCUT2D eigenvalue weighted by molar-refractivity contribution is 4.58. The SMILES string of the molecule is CCCCCCCCCCCCOCCCN(C(C)O)C(C)O. The summed E-state index contributed by atoms with van der Waals surface area (Å²) < 4.78 is 5.63. The summed E-state index contributed by atoms with van der Waals surface area (Å²) in [5.74, 6) is 0. The average Bonchev–Trinajstić information content (AvgIpc) is 2.50. The van der Waals surface area contributed by atoms with Crippen molar-refractivity contribution in [2.45, 2.75) is 104 Å². The van der Waals surface area contributed by atoms with Crippen molar-refractivity contribution in [3.63, 3.8) is 0 Å². The third-order valence-corrected chi connectivity index (χ3v) is 4.31. The van der Waals surface area contributed by atoms with E-state index >= 15 is 0 Å². The minimum atomic E-state index is -0.614. The first kappa shape index (κ1) is 22.8. The van der Waals surface area contributed by atoms with Crippen molar-refractivity contribution < 1.29 is 14.9 Å². The zero-order valence-corrected chi connectivity index (χ0v) is 15.8. The molecule has 4 nitrogen and oxygen atoms in total. The fourth-order valence-corrected chi connectivity index (χ4v) is 2.83. The van der Waals surface area contributed by atoms with Crippen molar-refractivity contribution in [3.05, 3.63) is 0 Å². The Kier molecular flexibility index (Phi) is 16.6. The lowest BCUT2D eigenvalue weighted by atomic mass is 10.1. The first-order valence-electron chi connectivity index (χ1n) is 9.79.